The maximum atomic E-state index is 11.6. The molecule has 3 aliphatic rings. The first-order chi connectivity index (χ1) is 14.6. The number of ether oxygens (including phenoxy) is 2. The van der Waals surface area contributed by atoms with E-state index in [1.54, 1.807) is 0 Å². The molecule has 1 amide bonds. The first-order valence-electron chi connectivity index (χ1n) is 10.6. The van der Waals surface area contributed by atoms with Crippen LogP contribution in [0.2, 0.25) is 0 Å². The van der Waals surface area contributed by atoms with Crippen LogP contribution in [0.25, 0.3) is 16.6 Å². The average Bonchev–Trinajstić information content (AvgIpc) is 3.30. The van der Waals surface area contributed by atoms with Crippen LogP contribution in [0.1, 0.15) is 37.9 Å². The summed E-state index contributed by atoms with van der Waals surface area (Å²) in [4.78, 5) is 21.0. The number of nitrogens with one attached hydrogen (secondary N) is 2. The summed E-state index contributed by atoms with van der Waals surface area (Å²) in [6, 6.07) is 2.76. The zero-order chi connectivity index (χ0) is 20.7. The number of imidazole rings is 1. The van der Waals surface area contributed by atoms with Gasteiger partial charge >= 0.3 is 0 Å². The molecule has 9 heteroatoms. The van der Waals surface area contributed by atoms with Crippen molar-refractivity contribution in [3.05, 3.63) is 24.3 Å². The molecule has 158 valence electrons. The van der Waals surface area contributed by atoms with Crippen molar-refractivity contribution in [2.24, 2.45) is 5.92 Å². The van der Waals surface area contributed by atoms with Gasteiger partial charge in [-0.25, -0.2) is 9.97 Å². The van der Waals surface area contributed by atoms with Gasteiger partial charge < -0.3 is 30.1 Å². The van der Waals surface area contributed by atoms with Gasteiger partial charge in [0.1, 0.15) is 37.1 Å². The summed E-state index contributed by atoms with van der Waals surface area (Å²) in [5.41, 5.74) is 3.08. The Kier molecular flexibility index (Phi) is 5.00. The molecule has 2 atom stereocenters. The standard InChI is InChI=1S/C21H26N6O3/c1-12(13-4-19(28)24-7-13)30-21-20-18(25-11-27(20)16-2-3-16)5-17(26-21)14(6-22)8-23-15-9-29-10-15/h5-6,8,11-13,15-16,22-23H,2-4,7,9-10H2,1H3,(H,24,28)/p+1/b14-8+,22-6?/t12-,13-/m1/s1. The maximum Gasteiger partial charge on any atom is 0.241 e. The lowest BCUT2D eigenvalue weighted by Gasteiger charge is -2.22. The van der Waals surface area contributed by atoms with Gasteiger partial charge in [-0.15, -0.1) is 0 Å². The molecule has 3 fully saturated rings. The van der Waals surface area contributed by atoms with Crippen molar-refractivity contribution in [3.63, 3.8) is 0 Å². The minimum Gasteiger partial charge on any atom is -0.473 e. The molecule has 0 aromatic carbocycles. The number of rotatable bonds is 8. The number of nitrogens with two attached hydrogens (primary N) is 1. The number of nitrogens with zero attached hydrogens (tertiary/aromatic N) is 3. The van der Waals surface area contributed by atoms with E-state index in [0.717, 1.165) is 37.1 Å². The first-order valence-corrected chi connectivity index (χ1v) is 10.6. The fraction of sp³-hybridized carbons (Fsp3) is 0.524. The zero-order valence-electron chi connectivity index (χ0n) is 17.0. The lowest BCUT2D eigenvalue weighted by atomic mass is 10.0. The molecule has 2 aromatic heterocycles. The monoisotopic (exact) mass is 411 g/mol. The summed E-state index contributed by atoms with van der Waals surface area (Å²) < 4.78 is 13.7. The lowest BCUT2D eigenvalue weighted by Crippen LogP contribution is -2.90. The number of allylic oxidation sites excluding steroid dienone is 1. The smallest absolute Gasteiger partial charge is 0.241 e. The number of fused-ring (bicyclic) bond motifs is 1. The molecule has 4 heterocycles. The Morgan fingerprint density at radius 1 is 1.47 bits per heavy atom. The van der Waals surface area contributed by atoms with Crippen LogP contribution >= 0.6 is 0 Å². The van der Waals surface area contributed by atoms with Crippen molar-refractivity contribution in [3.8, 4) is 5.88 Å². The maximum absolute atomic E-state index is 11.6. The highest BCUT2D eigenvalue weighted by molar-refractivity contribution is 6.08. The normalized spacial score (nSPS) is 23.3. The molecule has 9 nitrogen and oxygen atoms in total. The van der Waals surface area contributed by atoms with Crippen LogP contribution in [0.15, 0.2) is 18.6 Å². The topological polar surface area (TPSA) is 119 Å². The van der Waals surface area contributed by atoms with Gasteiger partial charge in [-0.1, -0.05) is 0 Å². The van der Waals surface area contributed by atoms with E-state index in [1.807, 2.05) is 25.5 Å². The second-order valence-corrected chi connectivity index (χ2v) is 8.41. The van der Waals surface area contributed by atoms with Crippen molar-refractivity contribution in [2.75, 3.05) is 19.8 Å². The predicted molar refractivity (Wildman–Crippen MR) is 110 cm³/mol. The third-order valence-electron chi connectivity index (χ3n) is 6.09. The molecule has 5 rings (SSSR count). The number of amides is 1. The number of hydrogen-bond donors (Lipinski definition) is 3. The number of pyridine rings is 1. The minimum atomic E-state index is -0.163. The molecule has 2 aromatic rings. The van der Waals surface area contributed by atoms with Crippen LogP contribution in [0.4, 0.5) is 0 Å². The number of carbonyl (C=O) groups is 1. The number of hydrogen-bond acceptors (Lipinski definition) is 6. The minimum absolute atomic E-state index is 0.0647. The van der Waals surface area contributed by atoms with E-state index in [4.69, 9.17) is 19.9 Å². The Bertz CT molecular complexity index is 1010. The van der Waals surface area contributed by atoms with Gasteiger partial charge in [0.15, 0.2) is 0 Å². The van der Waals surface area contributed by atoms with Crippen molar-refractivity contribution in [2.45, 2.75) is 44.4 Å². The number of quaternary nitrogens is 1. The van der Waals surface area contributed by atoms with Gasteiger partial charge in [0.05, 0.1) is 23.1 Å². The Morgan fingerprint density at radius 3 is 2.93 bits per heavy atom. The van der Waals surface area contributed by atoms with E-state index < -0.39 is 0 Å². The van der Waals surface area contributed by atoms with Crippen LogP contribution in [0, 0.1) is 11.3 Å². The molecule has 0 unspecified atom stereocenters. The van der Waals surface area contributed by atoms with Crippen LogP contribution in [-0.2, 0) is 9.53 Å². The fourth-order valence-electron chi connectivity index (χ4n) is 3.93. The van der Waals surface area contributed by atoms with Crippen molar-refractivity contribution in [1.82, 2.24) is 19.9 Å². The quantitative estimate of drug-likeness (QED) is 0.551. The number of carbonyl (C=O) groups excluding carboxylic acids is 1. The zero-order valence-corrected chi connectivity index (χ0v) is 17.0. The molecule has 0 bridgehead atoms. The van der Waals surface area contributed by atoms with Crippen LogP contribution in [-0.4, -0.2) is 58.6 Å². The van der Waals surface area contributed by atoms with Gasteiger partial charge in [-0.3, -0.25) is 4.79 Å². The van der Waals surface area contributed by atoms with Crippen molar-refractivity contribution >= 4 is 28.7 Å². The first kappa shape index (κ1) is 19.2. The van der Waals surface area contributed by atoms with Crippen molar-refractivity contribution in [1.29, 1.82) is 5.41 Å². The van der Waals surface area contributed by atoms with Crippen molar-refractivity contribution < 1.29 is 19.6 Å². The summed E-state index contributed by atoms with van der Waals surface area (Å²) in [5, 5.41) is 12.8. The van der Waals surface area contributed by atoms with Gasteiger partial charge in [0.2, 0.25) is 11.8 Å². The highest BCUT2D eigenvalue weighted by atomic mass is 16.5. The third-order valence-corrected chi connectivity index (χ3v) is 6.09. The van der Waals surface area contributed by atoms with Crippen LogP contribution < -0.4 is 15.4 Å². The Balaban J connectivity index is 1.49. The Hall–Kier alpha value is -2.78. The molecule has 2 aliphatic heterocycles. The Labute approximate surface area is 174 Å². The molecule has 1 saturated carbocycles. The van der Waals surface area contributed by atoms with E-state index >= 15 is 0 Å². The largest absolute Gasteiger partial charge is 0.473 e. The van der Waals surface area contributed by atoms with Gasteiger partial charge in [-0.2, -0.15) is 0 Å². The third kappa shape index (κ3) is 3.70. The molecule has 4 N–H and O–H groups in total. The van der Waals surface area contributed by atoms with Crippen LogP contribution in [0.3, 0.4) is 0 Å². The van der Waals surface area contributed by atoms with E-state index in [2.05, 4.69) is 20.2 Å². The Morgan fingerprint density at radius 2 is 2.30 bits per heavy atom. The molecule has 1 aliphatic carbocycles. The van der Waals surface area contributed by atoms with E-state index in [0.29, 0.717) is 42.2 Å². The molecule has 2 saturated heterocycles. The fourth-order valence-corrected chi connectivity index (χ4v) is 3.93. The highest BCUT2D eigenvalue weighted by Gasteiger charge is 2.31. The van der Waals surface area contributed by atoms with E-state index in [9.17, 15) is 4.79 Å². The van der Waals surface area contributed by atoms with E-state index in [-0.39, 0.29) is 17.9 Å². The van der Waals surface area contributed by atoms with Gasteiger partial charge in [0.25, 0.3) is 0 Å². The summed E-state index contributed by atoms with van der Waals surface area (Å²) in [7, 11) is 0. The van der Waals surface area contributed by atoms with Crippen LogP contribution in [0.5, 0.6) is 5.88 Å². The van der Waals surface area contributed by atoms with Gasteiger partial charge in [0, 0.05) is 31.1 Å². The SMILES string of the molecule is C[C@@H](Oc1nc(/C(C=N)=C/[NH2+]C2COC2)cc2ncn(C3CC3)c12)[C@H]1CNC(=O)C1. The van der Waals surface area contributed by atoms with E-state index in [1.165, 1.54) is 6.21 Å². The molecular formula is C21H27N6O3+. The molecule has 30 heavy (non-hydrogen) atoms. The molecule has 0 spiro atoms. The van der Waals surface area contributed by atoms with Gasteiger partial charge in [-0.05, 0) is 25.8 Å². The second kappa shape index (κ2) is 7.81. The predicted octanol–water partition coefficient (Wildman–Crippen LogP) is 0.622. The number of aromatic nitrogens is 3. The molecule has 0 radical (unpaired) electrons. The lowest BCUT2D eigenvalue weighted by molar-refractivity contribution is -0.648. The summed E-state index contributed by atoms with van der Waals surface area (Å²) in [6.45, 7) is 4.05. The molecular weight excluding hydrogens is 384 g/mol. The highest BCUT2D eigenvalue weighted by Crippen LogP contribution is 2.40. The average molecular weight is 411 g/mol. The summed E-state index contributed by atoms with van der Waals surface area (Å²) >= 11 is 0. The second-order valence-electron chi connectivity index (χ2n) is 8.41. The summed E-state index contributed by atoms with van der Waals surface area (Å²) in [6.07, 6.45) is 7.67. The summed E-state index contributed by atoms with van der Waals surface area (Å²) in [5.74, 6) is 0.702.